The van der Waals surface area contributed by atoms with E-state index in [1.165, 1.54) is 18.5 Å². The summed E-state index contributed by atoms with van der Waals surface area (Å²) in [7, 11) is 1.83. The van der Waals surface area contributed by atoms with E-state index < -0.39 is 0 Å². The van der Waals surface area contributed by atoms with Crippen LogP contribution in [0, 0.1) is 5.82 Å². The van der Waals surface area contributed by atoms with Gasteiger partial charge in [0, 0.05) is 12.6 Å². The van der Waals surface area contributed by atoms with Gasteiger partial charge >= 0.3 is 0 Å². The van der Waals surface area contributed by atoms with Crippen LogP contribution in [0.5, 0.6) is 0 Å². The van der Waals surface area contributed by atoms with Crippen molar-refractivity contribution in [2.24, 2.45) is 7.05 Å². The Morgan fingerprint density at radius 2 is 1.89 bits per heavy atom. The SMILES string of the molecule is Cn1c(-c2ccc(F)cc2)nc2c(N)ncnc21. The summed E-state index contributed by atoms with van der Waals surface area (Å²) in [5.41, 5.74) is 7.77. The lowest BCUT2D eigenvalue weighted by molar-refractivity contribution is 0.628. The molecular formula is C12H10FN5. The third-order valence-electron chi connectivity index (χ3n) is 2.79. The monoisotopic (exact) mass is 243 g/mol. The van der Waals surface area contributed by atoms with Gasteiger partial charge in [0.15, 0.2) is 17.0 Å². The van der Waals surface area contributed by atoms with Gasteiger partial charge in [-0.15, -0.1) is 0 Å². The van der Waals surface area contributed by atoms with Gasteiger partial charge in [0.05, 0.1) is 0 Å². The Morgan fingerprint density at radius 1 is 1.17 bits per heavy atom. The fourth-order valence-electron chi connectivity index (χ4n) is 1.87. The summed E-state index contributed by atoms with van der Waals surface area (Å²) in [6.07, 6.45) is 1.40. The average Bonchev–Trinajstić information content (AvgIpc) is 2.70. The average molecular weight is 243 g/mol. The molecule has 0 atom stereocenters. The minimum Gasteiger partial charge on any atom is -0.382 e. The van der Waals surface area contributed by atoms with Crippen LogP contribution in [0.4, 0.5) is 10.2 Å². The predicted octanol–water partition coefficient (Wildman–Crippen LogP) is 1.75. The first kappa shape index (κ1) is 10.6. The number of fused-ring (bicyclic) bond motifs is 1. The Bertz CT molecular complexity index is 717. The maximum atomic E-state index is 12.9. The third kappa shape index (κ3) is 1.50. The molecule has 5 nitrogen and oxygen atoms in total. The van der Waals surface area contributed by atoms with Gasteiger partial charge in [0.2, 0.25) is 0 Å². The van der Waals surface area contributed by atoms with Crippen molar-refractivity contribution in [1.82, 2.24) is 19.5 Å². The lowest BCUT2D eigenvalue weighted by Crippen LogP contribution is -1.95. The summed E-state index contributed by atoms with van der Waals surface area (Å²) < 4.78 is 14.7. The molecule has 0 aliphatic carbocycles. The molecule has 0 aliphatic heterocycles. The van der Waals surface area contributed by atoms with Crippen molar-refractivity contribution in [3.05, 3.63) is 36.4 Å². The second kappa shape index (κ2) is 3.76. The van der Waals surface area contributed by atoms with Crippen LogP contribution < -0.4 is 5.73 Å². The van der Waals surface area contributed by atoms with E-state index in [2.05, 4.69) is 15.0 Å². The molecule has 3 rings (SSSR count). The minimum atomic E-state index is -0.281. The van der Waals surface area contributed by atoms with E-state index in [-0.39, 0.29) is 5.82 Å². The molecule has 0 fully saturated rings. The van der Waals surface area contributed by atoms with Gasteiger partial charge in [-0.1, -0.05) is 0 Å². The summed E-state index contributed by atoms with van der Waals surface area (Å²) in [4.78, 5) is 12.4. The first-order valence-electron chi connectivity index (χ1n) is 5.35. The zero-order valence-electron chi connectivity index (χ0n) is 9.63. The number of hydrogen-bond donors (Lipinski definition) is 1. The summed E-state index contributed by atoms with van der Waals surface area (Å²) in [5.74, 6) is 0.734. The van der Waals surface area contributed by atoms with Gasteiger partial charge in [0.25, 0.3) is 0 Å². The number of nitrogens with zero attached hydrogens (tertiary/aromatic N) is 4. The molecule has 2 aromatic heterocycles. The van der Waals surface area contributed by atoms with Crippen molar-refractivity contribution in [3.63, 3.8) is 0 Å². The molecule has 0 aliphatic rings. The molecular weight excluding hydrogens is 233 g/mol. The number of rotatable bonds is 1. The normalized spacial score (nSPS) is 11.0. The molecule has 0 saturated carbocycles. The fourth-order valence-corrected chi connectivity index (χ4v) is 1.87. The fraction of sp³-hybridized carbons (Fsp3) is 0.0833. The lowest BCUT2D eigenvalue weighted by Gasteiger charge is -2.01. The van der Waals surface area contributed by atoms with Crippen molar-refractivity contribution >= 4 is 17.0 Å². The van der Waals surface area contributed by atoms with Gasteiger partial charge < -0.3 is 10.3 Å². The second-order valence-corrected chi connectivity index (χ2v) is 3.93. The molecule has 3 aromatic rings. The zero-order valence-corrected chi connectivity index (χ0v) is 9.63. The summed E-state index contributed by atoms with van der Waals surface area (Å²) in [6, 6.07) is 6.12. The maximum absolute atomic E-state index is 12.9. The smallest absolute Gasteiger partial charge is 0.165 e. The van der Waals surface area contributed by atoms with E-state index in [0.29, 0.717) is 22.8 Å². The van der Waals surface area contributed by atoms with Crippen LogP contribution in [0.15, 0.2) is 30.6 Å². The van der Waals surface area contributed by atoms with Gasteiger partial charge in [-0.2, -0.15) is 0 Å². The highest BCUT2D eigenvalue weighted by Gasteiger charge is 2.13. The Kier molecular flexibility index (Phi) is 2.22. The Morgan fingerprint density at radius 3 is 2.56 bits per heavy atom. The summed E-state index contributed by atoms with van der Waals surface area (Å²) >= 11 is 0. The standard InChI is InChI=1S/C12H10FN5/c1-18-11(7-2-4-8(13)5-3-7)17-9-10(14)15-6-16-12(9)18/h2-6H,1H3,(H2,14,15,16). The molecule has 6 heteroatoms. The van der Waals surface area contributed by atoms with E-state index in [1.54, 1.807) is 16.7 Å². The van der Waals surface area contributed by atoms with Crippen LogP contribution in [0.3, 0.4) is 0 Å². The van der Waals surface area contributed by atoms with Crippen LogP contribution >= 0.6 is 0 Å². The number of benzene rings is 1. The van der Waals surface area contributed by atoms with Crippen molar-refractivity contribution < 1.29 is 4.39 Å². The Hall–Kier alpha value is -2.50. The number of imidazole rings is 1. The van der Waals surface area contributed by atoms with Crippen LogP contribution in [-0.2, 0) is 7.05 Å². The predicted molar refractivity (Wildman–Crippen MR) is 66.1 cm³/mol. The van der Waals surface area contributed by atoms with E-state index in [9.17, 15) is 4.39 Å². The van der Waals surface area contributed by atoms with Crippen LogP contribution in [0.25, 0.3) is 22.6 Å². The number of aromatic nitrogens is 4. The first-order valence-corrected chi connectivity index (χ1v) is 5.35. The van der Waals surface area contributed by atoms with Gasteiger partial charge in [-0.05, 0) is 24.3 Å². The quantitative estimate of drug-likeness (QED) is 0.707. The second-order valence-electron chi connectivity index (χ2n) is 3.93. The number of hydrogen-bond acceptors (Lipinski definition) is 4. The highest BCUT2D eigenvalue weighted by Crippen LogP contribution is 2.24. The largest absolute Gasteiger partial charge is 0.382 e. The molecule has 0 saturated heterocycles. The minimum absolute atomic E-state index is 0.281. The number of anilines is 1. The lowest BCUT2D eigenvalue weighted by atomic mass is 10.2. The molecule has 18 heavy (non-hydrogen) atoms. The topological polar surface area (TPSA) is 69.6 Å². The molecule has 90 valence electrons. The van der Waals surface area contributed by atoms with Crippen molar-refractivity contribution in [1.29, 1.82) is 0 Å². The molecule has 0 bridgehead atoms. The molecule has 2 heterocycles. The van der Waals surface area contributed by atoms with Crippen LogP contribution in [0.1, 0.15) is 0 Å². The van der Waals surface area contributed by atoms with E-state index in [0.717, 1.165) is 5.56 Å². The number of aryl methyl sites for hydroxylation is 1. The molecule has 0 amide bonds. The van der Waals surface area contributed by atoms with E-state index in [1.807, 2.05) is 7.05 Å². The number of nitrogen functional groups attached to an aromatic ring is 1. The number of halogens is 1. The first-order chi connectivity index (χ1) is 8.66. The van der Waals surface area contributed by atoms with Gasteiger partial charge in [0.1, 0.15) is 18.0 Å². The summed E-state index contributed by atoms with van der Waals surface area (Å²) in [6.45, 7) is 0. The molecule has 0 spiro atoms. The van der Waals surface area contributed by atoms with E-state index in [4.69, 9.17) is 5.73 Å². The Balaban J connectivity index is 2.27. The number of nitrogens with two attached hydrogens (primary N) is 1. The molecule has 2 N–H and O–H groups in total. The van der Waals surface area contributed by atoms with Crippen LogP contribution in [0.2, 0.25) is 0 Å². The Labute approximate surface area is 102 Å². The highest BCUT2D eigenvalue weighted by atomic mass is 19.1. The molecule has 0 unspecified atom stereocenters. The van der Waals surface area contributed by atoms with E-state index >= 15 is 0 Å². The van der Waals surface area contributed by atoms with Gasteiger partial charge in [-0.25, -0.2) is 19.3 Å². The zero-order chi connectivity index (χ0) is 12.7. The highest BCUT2D eigenvalue weighted by molar-refractivity contribution is 5.85. The van der Waals surface area contributed by atoms with Crippen LogP contribution in [-0.4, -0.2) is 19.5 Å². The van der Waals surface area contributed by atoms with Crippen molar-refractivity contribution in [2.45, 2.75) is 0 Å². The van der Waals surface area contributed by atoms with Crippen molar-refractivity contribution in [2.75, 3.05) is 5.73 Å². The van der Waals surface area contributed by atoms with Gasteiger partial charge in [-0.3, -0.25) is 0 Å². The molecule has 1 aromatic carbocycles. The van der Waals surface area contributed by atoms with Crippen molar-refractivity contribution in [3.8, 4) is 11.4 Å². The summed E-state index contributed by atoms with van der Waals surface area (Å²) in [5, 5.41) is 0. The maximum Gasteiger partial charge on any atom is 0.165 e. The third-order valence-corrected chi connectivity index (χ3v) is 2.79. The molecule has 0 radical (unpaired) electrons.